The van der Waals surface area contributed by atoms with Gasteiger partial charge < -0.3 is 9.73 Å². The highest BCUT2D eigenvalue weighted by Gasteiger charge is 2.28. The smallest absolute Gasteiger partial charge is 0.389 e. The van der Waals surface area contributed by atoms with Gasteiger partial charge in [0, 0.05) is 25.1 Å². The number of sulfonamides is 1. The van der Waals surface area contributed by atoms with Gasteiger partial charge >= 0.3 is 6.18 Å². The van der Waals surface area contributed by atoms with Gasteiger partial charge in [-0.05, 0) is 27.3 Å². The number of rotatable bonds is 7. The van der Waals surface area contributed by atoms with Crippen molar-refractivity contribution in [2.24, 2.45) is 0 Å². The van der Waals surface area contributed by atoms with Crippen LogP contribution in [0.4, 0.5) is 13.2 Å². The molecule has 0 saturated heterocycles. The van der Waals surface area contributed by atoms with Gasteiger partial charge in [-0.1, -0.05) is 0 Å². The number of hydrogen-bond acceptors (Lipinski definition) is 4. The molecule has 0 aromatic carbocycles. The van der Waals surface area contributed by atoms with E-state index >= 15 is 0 Å². The molecule has 0 saturated carbocycles. The monoisotopic (exact) mass is 328 g/mol. The molecule has 0 spiro atoms. The van der Waals surface area contributed by atoms with Gasteiger partial charge in [0.25, 0.3) is 0 Å². The third-order valence-electron chi connectivity index (χ3n) is 2.88. The number of halogens is 3. The normalized spacial score (nSPS) is 12.9. The van der Waals surface area contributed by atoms with Crippen LogP contribution in [0, 0.1) is 13.8 Å². The minimum atomic E-state index is -4.29. The van der Waals surface area contributed by atoms with Gasteiger partial charge in [-0.3, -0.25) is 0 Å². The Morgan fingerprint density at radius 2 is 1.81 bits per heavy atom. The third kappa shape index (κ3) is 5.01. The van der Waals surface area contributed by atoms with Crippen molar-refractivity contribution < 1.29 is 26.0 Å². The van der Waals surface area contributed by atoms with Crippen molar-refractivity contribution in [2.75, 3.05) is 13.6 Å². The quantitative estimate of drug-likeness (QED) is 0.753. The van der Waals surface area contributed by atoms with Crippen LogP contribution < -0.4 is 10.0 Å². The van der Waals surface area contributed by atoms with Gasteiger partial charge in [0.15, 0.2) is 0 Å². The Labute approximate surface area is 122 Å². The molecule has 0 aliphatic rings. The molecular weight excluding hydrogens is 309 g/mol. The molecule has 0 unspecified atom stereocenters. The van der Waals surface area contributed by atoms with Gasteiger partial charge in [0.05, 0.1) is 0 Å². The van der Waals surface area contributed by atoms with Crippen LogP contribution in [0.5, 0.6) is 0 Å². The molecule has 122 valence electrons. The summed E-state index contributed by atoms with van der Waals surface area (Å²) in [5.41, 5.74) is 0.485. The lowest BCUT2D eigenvalue weighted by atomic mass is 10.2. The molecule has 9 heteroatoms. The first kappa shape index (κ1) is 18.0. The van der Waals surface area contributed by atoms with E-state index in [1.807, 2.05) is 0 Å². The van der Waals surface area contributed by atoms with Crippen molar-refractivity contribution >= 4 is 10.0 Å². The first-order valence-corrected chi connectivity index (χ1v) is 7.86. The second-order valence-electron chi connectivity index (χ2n) is 4.67. The Balaban J connectivity index is 2.84. The largest absolute Gasteiger partial charge is 0.465 e. The fourth-order valence-electron chi connectivity index (χ4n) is 2.01. The molecular formula is C12H19F3N2O3S. The van der Waals surface area contributed by atoms with E-state index in [9.17, 15) is 21.6 Å². The maximum absolute atomic E-state index is 12.2. The van der Waals surface area contributed by atoms with Crippen LogP contribution in [-0.4, -0.2) is 28.2 Å². The van der Waals surface area contributed by atoms with Gasteiger partial charge in [-0.2, -0.15) is 13.2 Å². The third-order valence-corrected chi connectivity index (χ3v) is 4.53. The van der Waals surface area contributed by atoms with Gasteiger partial charge in [0.2, 0.25) is 10.0 Å². The molecule has 1 aromatic rings. The maximum atomic E-state index is 12.2. The van der Waals surface area contributed by atoms with Crippen molar-refractivity contribution in [2.45, 2.75) is 44.3 Å². The topological polar surface area (TPSA) is 71.3 Å². The highest BCUT2D eigenvalue weighted by atomic mass is 32.2. The lowest BCUT2D eigenvalue weighted by molar-refractivity contribution is -0.135. The second kappa shape index (κ2) is 6.80. The molecule has 1 rings (SSSR count). The standard InChI is InChI=1S/C12H19F3N2O3S/c1-8-10(7-16-3)11(9(2)20-8)21(18,19)17-6-4-5-12(13,14)15/h16-17H,4-7H2,1-3H3. The van der Waals surface area contributed by atoms with E-state index in [2.05, 4.69) is 10.0 Å². The predicted octanol–water partition coefficient (Wildman–Crippen LogP) is 2.24. The van der Waals surface area contributed by atoms with E-state index in [0.29, 0.717) is 17.9 Å². The Morgan fingerprint density at radius 3 is 2.33 bits per heavy atom. The summed E-state index contributed by atoms with van der Waals surface area (Å²) in [4.78, 5) is 0.00126. The number of alkyl halides is 3. The Kier molecular flexibility index (Phi) is 5.83. The summed E-state index contributed by atoms with van der Waals surface area (Å²) in [7, 11) is -2.23. The van der Waals surface area contributed by atoms with Crippen LogP contribution in [0.15, 0.2) is 9.31 Å². The lowest BCUT2D eigenvalue weighted by Crippen LogP contribution is -2.27. The van der Waals surface area contributed by atoms with Crippen LogP contribution in [0.25, 0.3) is 0 Å². The molecule has 2 N–H and O–H groups in total. The molecule has 5 nitrogen and oxygen atoms in total. The minimum Gasteiger partial charge on any atom is -0.465 e. The lowest BCUT2D eigenvalue weighted by Gasteiger charge is -2.09. The Hall–Kier alpha value is -1.06. The fraction of sp³-hybridized carbons (Fsp3) is 0.667. The fourth-order valence-corrected chi connectivity index (χ4v) is 3.53. The number of aryl methyl sites for hydroxylation is 2. The zero-order valence-electron chi connectivity index (χ0n) is 12.1. The molecule has 0 bridgehead atoms. The van der Waals surface area contributed by atoms with Crippen LogP contribution in [-0.2, 0) is 16.6 Å². The molecule has 0 aliphatic carbocycles. The first-order valence-electron chi connectivity index (χ1n) is 6.38. The molecule has 0 fully saturated rings. The van der Waals surface area contributed by atoms with E-state index in [1.165, 1.54) is 6.92 Å². The van der Waals surface area contributed by atoms with Crippen LogP contribution >= 0.6 is 0 Å². The summed E-state index contributed by atoms with van der Waals surface area (Å²) >= 11 is 0. The van der Waals surface area contributed by atoms with Gasteiger partial charge in [-0.25, -0.2) is 13.1 Å². The maximum Gasteiger partial charge on any atom is 0.389 e. The molecule has 0 amide bonds. The predicted molar refractivity (Wildman–Crippen MR) is 71.4 cm³/mol. The number of nitrogens with one attached hydrogen (secondary N) is 2. The minimum absolute atomic E-state index is 0.00126. The summed E-state index contributed by atoms with van der Waals surface area (Å²) in [6.45, 7) is 3.17. The van der Waals surface area contributed by atoms with Crippen molar-refractivity contribution in [1.82, 2.24) is 10.0 Å². The first-order chi connectivity index (χ1) is 9.58. The van der Waals surface area contributed by atoms with E-state index in [0.717, 1.165) is 0 Å². The van der Waals surface area contributed by atoms with E-state index < -0.39 is 22.6 Å². The van der Waals surface area contributed by atoms with Crippen molar-refractivity contribution in [3.8, 4) is 0 Å². The molecule has 0 atom stereocenters. The second-order valence-corrected chi connectivity index (χ2v) is 6.37. The van der Waals surface area contributed by atoms with E-state index in [-0.39, 0.29) is 23.6 Å². The molecule has 0 radical (unpaired) electrons. The SMILES string of the molecule is CNCc1c(C)oc(C)c1S(=O)(=O)NCCCC(F)(F)F. The molecule has 0 aliphatic heterocycles. The molecule has 1 heterocycles. The Bertz CT molecular complexity index is 579. The average Bonchev–Trinajstić information content (AvgIpc) is 2.60. The number of furan rings is 1. The van der Waals surface area contributed by atoms with Crippen LogP contribution in [0.2, 0.25) is 0 Å². The Morgan fingerprint density at radius 1 is 1.19 bits per heavy atom. The summed E-state index contributed by atoms with van der Waals surface area (Å²) < 4.78 is 68.0. The molecule has 1 aromatic heterocycles. The van der Waals surface area contributed by atoms with Crippen molar-refractivity contribution in [3.05, 3.63) is 17.1 Å². The molecule has 21 heavy (non-hydrogen) atoms. The van der Waals surface area contributed by atoms with E-state index in [1.54, 1.807) is 14.0 Å². The average molecular weight is 328 g/mol. The van der Waals surface area contributed by atoms with E-state index in [4.69, 9.17) is 4.42 Å². The van der Waals surface area contributed by atoms with Crippen LogP contribution in [0.3, 0.4) is 0 Å². The summed E-state index contributed by atoms with van der Waals surface area (Å²) in [6.07, 6.45) is -5.62. The zero-order chi connectivity index (χ0) is 16.3. The highest BCUT2D eigenvalue weighted by Crippen LogP contribution is 2.26. The van der Waals surface area contributed by atoms with Crippen molar-refractivity contribution in [3.63, 3.8) is 0 Å². The van der Waals surface area contributed by atoms with Crippen molar-refractivity contribution in [1.29, 1.82) is 0 Å². The number of hydrogen-bond donors (Lipinski definition) is 2. The summed E-state index contributed by atoms with van der Waals surface area (Å²) in [5, 5.41) is 2.84. The summed E-state index contributed by atoms with van der Waals surface area (Å²) in [6, 6.07) is 0. The zero-order valence-corrected chi connectivity index (χ0v) is 12.9. The van der Waals surface area contributed by atoms with Gasteiger partial charge in [0.1, 0.15) is 16.4 Å². The van der Waals surface area contributed by atoms with Crippen LogP contribution in [0.1, 0.15) is 29.9 Å². The highest BCUT2D eigenvalue weighted by molar-refractivity contribution is 7.89. The summed E-state index contributed by atoms with van der Waals surface area (Å²) in [5.74, 6) is 0.693. The van der Waals surface area contributed by atoms with Gasteiger partial charge in [-0.15, -0.1) is 0 Å².